The summed E-state index contributed by atoms with van der Waals surface area (Å²) in [5, 5.41) is 0. The second kappa shape index (κ2) is 3.85. The van der Waals surface area contributed by atoms with Crippen molar-refractivity contribution in [2.75, 3.05) is 0 Å². The number of aryl methyl sites for hydroxylation is 2. The van der Waals surface area contributed by atoms with Crippen LogP contribution in [0.1, 0.15) is 11.4 Å². The third-order valence-electron chi connectivity index (χ3n) is 2.15. The molecule has 2 aromatic rings. The molecule has 2 radical (unpaired) electrons. The van der Waals surface area contributed by atoms with Crippen molar-refractivity contribution in [2.45, 2.75) is 13.8 Å². The van der Waals surface area contributed by atoms with E-state index in [2.05, 4.69) is 9.97 Å². The van der Waals surface area contributed by atoms with E-state index in [4.69, 9.17) is 7.85 Å². The summed E-state index contributed by atoms with van der Waals surface area (Å²) in [6.07, 6.45) is 0. The van der Waals surface area contributed by atoms with Gasteiger partial charge in [-0.15, -0.1) is 0 Å². The maximum atomic E-state index is 5.62. The molecule has 0 N–H and O–H groups in total. The Labute approximate surface area is 90.8 Å². The van der Waals surface area contributed by atoms with Gasteiger partial charge in [-0.2, -0.15) is 0 Å². The summed E-state index contributed by atoms with van der Waals surface area (Å²) in [6.45, 7) is 3.94. The zero-order valence-corrected chi connectivity index (χ0v) is 8.86. The first kappa shape index (κ1) is 9.90. The average Bonchev–Trinajstić information content (AvgIpc) is 2.17. The van der Waals surface area contributed by atoms with Crippen LogP contribution in [0.15, 0.2) is 30.3 Å². The Morgan fingerprint density at radius 1 is 0.933 bits per heavy atom. The van der Waals surface area contributed by atoms with Crippen molar-refractivity contribution in [1.82, 2.24) is 9.97 Å². The van der Waals surface area contributed by atoms with Gasteiger partial charge in [0.2, 0.25) is 0 Å². The lowest BCUT2D eigenvalue weighted by atomic mass is 9.95. The maximum absolute atomic E-state index is 5.62. The molecule has 0 amide bonds. The molecule has 0 bridgehead atoms. The van der Waals surface area contributed by atoms with E-state index < -0.39 is 0 Å². The van der Waals surface area contributed by atoms with E-state index in [1.807, 2.05) is 44.2 Å². The topological polar surface area (TPSA) is 25.8 Å². The van der Waals surface area contributed by atoms with Crippen LogP contribution in [0.5, 0.6) is 0 Å². The molecule has 3 heteroatoms. The second-order valence-electron chi connectivity index (χ2n) is 3.60. The monoisotopic (exact) mass is 194 g/mol. The van der Waals surface area contributed by atoms with Crippen LogP contribution in [0.25, 0.3) is 11.4 Å². The summed E-state index contributed by atoms with van der Waals surface area (Å²) >= 11 is 0. The van der Waals surface area contributed by atoms with Crippen LogP contribution >= 0.6 is 0 Å². The number of hydrogen-bond acceptors (Lipinski definition) is 2. The van der Waals surface area contributed by atoms with Crippen LogP contribution < -0.4 is 5.46 Å². The van der Waals surface area contributed by atoms with Gasteiger partial charge in [0.05, 0.1) is 0 Å². The number of benzene rings is 1. The van der Waals surface area contributed by atoms with E-state index in [1.54, 1.807) is 0 Å². The molecule has 72 valence electrons. The number of hydrogen-bond donors (Lipinski definition) is 0. The first-order valence-electron chi connectivity index (χ1n) is 4.83. The van der Waals surface area contributed by atoms with Crippen molar-refractivity contribution >= 4 is 13.3 Å². The molecule has 1 aromatic carbocycles. The van der Waals surface area contributed by atoms with E-state index >= 15 is 0 Å². The molecule has 1 heterocycles. The van der Waals surface area contributed by atoms with Gasteiger partial charge in [0, 0.05) is 17.0 Å². The number of aromatic nitrogens is 2. The van der Waals surface area contributed by atoms with E-state index in [9.17, 15) is 0 Å². The van der Waals surface area contributed by atoms with Crippen molar-refractivity contribution in [3.05, 3.63) is 41.7 Å². The number of rotatable bonds is 1. The number of nitrogens with zero attached hydrogens (tertiary/aromatic N) is 2. The van der Waals surface area contributed by atoms with Gasteiger partial charge in [0.1, 0.15) is 7.85 Å². The molecule has 0 aliphatic rings. The molecule has 0 saturated heterocycles. The fourth-order valence-corrected chi connectivity index (χ4v) is 1.49. The SMILES string of the molecule is [B]c1ccc(-c2nc(C)cc(C)n2)cc1. The second-order valence-corrected chi connectivity index (χ2v) is 3.60. The predicted octanol–water partition coefficient (Wildman–Crippen LogP) is 1.55. The molecule has 15 heavy (non-hydrogen) atoms. The van der Waals surface area contributed by atoms with E-state index in [1.165, 1.54) is 0 Å². The van der Waals surface area contributed by atoms with Gasteiger partial charge in [-0.05, 0) is 19.9 Å². The lowest BCUT2D eigenvalue weighted by Gasteiger charge is -2.03. The summed E-state index contributed by atoms with van der Waals surface area (Å²) in [5.74, 6) is 0.757. The lowest BCUT2D eigenvalue weighted by Crippen LogP contribution is -2.01. The van der Waals surface area contributed by atoms with Crippen LogP contribution in [0, 0.1) is 13.8 Å². The van der Waals surface area contributed by atoms with Gasteiger partial charge < -0.3 is 0 Å². The molecule has 0 unspecified atom stereocenters. The van der Waals surface area contributed by atoms with Crippen molar-refractivity contribution in [2.24, 2.45) is 0 Å². The predicted molar refractivity (Wildman–Crippen MR) is 62.3 cm³/mol. The zero-order valence-electron chi connectivity index (χ0n) is 8.86. The van der Waals surface area contributed by atoms with Gasteiger partial charge >= 0.3 is 0 Å². The highest BCUT2D eigenvalue weighted by atomic mass is 14.9. The standard InChI is InChI=1S/C12H11BN2/c1-8-7-9(2)15-12(14-8)10-3-5-11(13)6-4-10/h3-7H,1-2H3. The zero-order chi connectivity index (χ0) is 10.8. The molecule has 0 fully saturated rings. The Balaban J connectivity index is 2.49. The highest BCUT2D eigenvalue weighted by molar-refractivity contribution is 6.32. The van der Waals surface area contributed by atoms with Crippen molar-refractivity contribution in [3.8, 4) is 11.4 Å². The van der Waals surface area contributed by atoms with Crippen LogP contribution in [-0.2, 0) is 0 Å². The summed E-state index contributed by atoms with van der Waals surface area (Å²) in [5.41, 5.74) is 3.71. The van der Waals surface area contributed by atoms with E-state index in [0.29, 0.717) is 0 Å². The highest BCUT2D eigenvalue weighted by Crippen LogP contribution is 2.14. The van der Waals surface area contributed by atoms with Gasteiger partial charge in [-0.1, -0.05) is 29.7 Å². The Morgan fingerprint density at radius 2 is 1.47 bits per heavy atom. The van der Waals surface area contributed by atoms with Crippen molar-refractivity contribution in [3.63, 3.8) is 0 Å². The minimum absolute atomic E-state index is 0.753. The Morgan fingerprint density at radius 3 is 2.00 bits per heavy atom. The van der Waals surface area contributed by atoms with Gasteiger partial charge in [0.15, 0.2) is 5.82 Å². The Hall–Kier alpha value is -1.64. The smallest absolute Gasteiger partial charge is 0.159 e. The first-order valence-corrected chi connectivity index (χ1v) is 4.83. The average molecular weight is 194 g/mol. The van der Waals surface area contributed by atoms with Crippen LogP contribution in [0.4, 0.5) is 0 Å². The van der Waals surface area contributed by atoms with Crippen LogP contribution in [-0.4, -0.2) is 17.8 Å². The molecule has 0 atom stereocenters. The molecule has 0 saturated carbocycles. The van der Waals surface area contributed by atoms with Crippen molar-refractivity contribution < 1.29 is 0 Å². The van der Waals surface area contributed by atoms with Crippen molar-refractivity contribution in [1.29, 1.82) is 0 Å². The third-order valence-corrected chi connectivity index (χ3v) is 2.15. The summed E-state index contributed by atoms with van der Waals surface area (Å²) < 4.78 is 0. The minimum Gasteiger partial charge on any atom is -0.233 e. The Bertz CT molecular complexity index is 457. The van der Waals surface area contributed by atoms with E-state index in [0.717, 1.165) is 28.2 Å². The molecule has 1 aromatic heterocycles. The largest absolute Gasteiger partial charge is 0.233 e. The van der Waals surface area contributed by atoms with E-state index in [-0.39, 0.29) is 0 Å². The molecule has 2 nitrogen and oxygen atoms in total. The lowest BCUT2D eigenvalue weighted by molar-refractivity contribution is 1.06. The summed E-state index contributed by atoms with van der Waals surface area (Å²) in [4.78, 5) is 8.76. The normalized spacial score (nSPS) is 10.3. The summed E-state index contributed by atoms with van der Waals surface area (Å²) in [7, 11) is 5.62. The minimum atomic E-state index is 0.753. The molecular weight excluding hydrogens is 183 g/mol. The maximum Gasteiger partial charge on any atom is 0.159 e. The first-order chi connectivity index (χ1) is 7.15. The van der Waals surface area contributed by atoms with Gasteiger partial charge in [-0.25, -0.2) is 9.97 Å². The summed E-state index contributed by atoms with van der Waals surface area (Å²) in [6, 6.07) is 9.54. The van der Waals surface area contributed by atoms with Crippen LogP contribution in [0.2, 0.25) is 0 Å². The highest BCUT2D eigenvalue weighted by Gasteiger charge is 2.01. The quantitative estimate of drug-likeness (QED) is 0.643. The molecular formula is C12H11BN2. The van der Waals surface area contributed by atoms with Crippen LogP contribution in [0.3, 0.4) is 0 Å². The molecule has 0 aliphatic heterocycles. The van der Waals surface area contributed by atoms with Gasteiger partial charge in [-0.3, -0.25) is 0 Å². The third kappa shape index (κ3) is 2.24. The molecule has 0 aliphatic carbocycles. The molecule has 0 spiro atoms. The fraction of sp³-hybridized carbons (Fsp3) is 0.167. The Kier molecular flexibility index (Phi) is 2.54. The fourth-order valence-electron chi connectivity index (χ4n) is 1.49. The van der Waals surface area contributed by atoms with Gasteiger partial charge in [0.25, 0.3) is 0 Å². The molecule has 2 rings (SSSR count).